The zero-order valence-corrected chi connectivity index (χ0v) is 18.3. The minimum atomic E-state index is -0.198. The second-order valence-electron chi connectivity index (χ2n) is 7.55. The van der Waals surface area contributed by atoms with E-state index in [2.05, 4.69) is 33.2 Å². The minimum Gasteiger partial charge on any atom is -0.348 e. The predicted molar refractivity (Wildman–Crippen MR) is 116 cm³/mol. The van der Waals surface area contributed by atoms with Crippen molar-refractivity contribution in [1.29, 1.82) is 0 Å². The maximum Gasteiger partial charge on any atom is 0.262 e. The fourth-order valence-corrected chi connectivity index (χ4v) is 5.36. The number of nitrogens with zero attached hydrogens (tertiary/aromatic N) is 2. The lowest BCUT2D eigenvalue weighted by Gasteiger charge is -2.17. The maximum absolute atomic E-state index is 13.0. The topological polar surface area (TPSA) is 64.0 Å². The molecule has 5 nitrogen and oxygen atoms in total. The smallest absolute Gasteiger partial charge is 0.262 e. The molecule has 1 aliphatic carbocycles. The summed E-state index contributed by atoms with van der Waals surface area (Å²) < 4.78 is 2.42. The number of amides is 1. The minimum absolute atomic E-state index is 0.0241. The number of fused-ring (bicyclic) bond motifs is 3. The molecule has 0 bridgehead atoms. The van der Waals surface area contributed by atoms with E-state index in [1.54, 1.807) is 11.3 Å². The molecule has 146 valence electrons. The van der Waals surface area contributed by atoms with Crippen molar-refractivity contribution in [1.82, 2.24) is 14.9 Å². The third kappa shape index (κ3) is 3.78. The van der Waals surface area contributed by atoms with Crippen molar-refractivity contribution in [3.05, 3.63) is 61.4 Å². The normalized spacial score (nSPS) is 17.3. The number of thiophene rings is 1. The molecule has 0 fully saturated rings. The van der Waals surface area contributed by atoms with Crippen LogP contribution in [0.2, 0.25) is 0 Å². The number of carbonyl (C=O) groups excluding carboxylic acids is 1. The van der Waals surface area contributed by atoms with E-state index in [9.17, 15) is 9.59 Å². The van der Waals surface area contributed by atoms with Gasteiger partial charge < -0.3 is 5.32 Å². The molecule has 2 atom stereocenters. The molecule has 0 saturated heterocycles. The molecule has 1 aliphatic rings. The first-order valence-electron chi connectivity index (χ1n) is 9.47. The summed E-state index contributed by atoms with van der Waals surface area (Å²) in [5, 5.41) is 3.67. The van der Waals surface area contributed by atoms with E-state index in [0.29, 0.717) is 11.3 Å². The van der Waals surface area contributed by atoms with Crippen molar-refractivity contribution in [2.45, 2.75) is 45.7 Å². The molecule has 7 heteroatoms. The molecule has 1 N–H and O–H groups in total. The summed E-state index contributed by atoms with van der Waals surface area (Å²) in [6.45, 7) is 4.15. The Morgan fingerprint density at radius 2 is 2.14 bits per heavy atom. The fourth-order valence-electron chi connectivity index (χ4n) is 3.76. The van der Waals surface area contributed by atoms with Gasteiger partial charge in [-0.3, -0.25) is 14.2 Å². The van der Waals surface area contributed by atoms with E-state index < -0.39 is 0 Å². The molecule has 4 rings (SSSR count). The number of nitrogens with one attached hydrogen (secondary N) is 1. The number of aryl methyl sites for hydroxylation is 1. The van der Waals surface area contributed by atoms with Gasteiger partial charge in [-0.15, -0.1) is 11.3 Å². The predicted octanol–water partition coefficient (Wildman–Crippen LogP) is 4.22. The molecule has 2 heterocycles. The quantitative estimate of drug-likeness (QED) is 0.634. The molecule has 1 amide bonds. The molecule has 3 aromatic rings. The van der Waals surface area contributed by atoms with Crippen LogP contribution in [0, 0.1) is 5.92 Å². The van der Waals surface area contributed by atoms with E-state index in [1.165, 1.54) is 15.8 Å². The van der Waals surface area contributed by atoms with E-state index in [-0.39, 0.29) is 24.1 Å². The third-order valence-electron chi connectivity index (χ3n) is 5.34. The highest BCUT2D eigenvalue weighted by atomic mass is 79.9. The van der Waals surface area contributed by atoms with Crippen LogP contribution in [0.15, 0.2) is 39.9 Å². The van der Waals surface area contributed by atoms with E-state index in [4.69, 9.17) is 0 Å². The number of hydrogen-bond donors (Lipinski definition) is 1. The highest BCUT2D eigenvalue weighted by Crippen LogP contribution is 2.35. The number of aromatic nitrogens is 2. The van der Waals surface area contributed by atoms with Crippen molar-refractivity contribution < 1.29 is 4.79 Å². The van der Waals surface area contributed by atoms with E-state index >= 15 is 0 Å². The van der Waals surface area contributed by atoms with Crippen LogP contribution in [0.3, 0.4) is 0 Å². The number of benzene rings is 1. The highest BCUT2D eigenvalue weighted by Gasteiger charge is 2.23. The van der Waals surface area contributed by atoms with Crippen LogP contribution in [0.1, 0.15) is 42.3 Å². The molecular weight excluding hydrogens is 438 g/mol. The highest BCUT2D eigenvalue weighted by molar-refractivity contribution is 9.10. The SMILES string of the molecule is CC1CCc2c(sc3ncn(CC(=O)NC(C)c4ccc(Br)cc4)c(=O)c23)C1. The number of halogens is 1. The van der Waals surface area contributed by atoms with Gasteiger partial charge in [0.1, 0.15) is 11.4 Å². The molecule has 0 radical (unpaired) electrons. The Bertz CT molecular complexity index is 1090. The molecule has 28 heavy (non-hydrogen) atoms. The van der Waals surface area contributed by atoms with Crippen molar-refractivity contribution >= 4 is 43.4 Å². The first-order chi connectivity index (χ1) is 13.4. The lowest BCUT2D eigenvalue weighted by atomic mass is 9.89. The van der Waals surface area contributed by atoms with Gasteiger partial charge in [0, 0.05) is 9.35 Å². The van der Waals surface area contributed by atoms with Crippen molar-refractivity contribution in [2.24, 2.45) is 5.92 Å². The molecular formula is C21H22BrN3O2S. The zero-order chi connectivity index (χ0) is 19.8. The monoisotopic (exact) mass is 459 g/mol. The summed E-state index contributed by atoms with van der Waals surface area (Å²) in [7, 11) is 0. The summed E-state index contributed by atoms with van der Waals surface area (Å²) in [6.07, 6.45) is 4.53. The number of hydrogen-bond acceptors (Lipinski definition) is 4. The lowest BCUT2D eigenvalue weighted by Crippen LogP contribution is -2.34. The van der Waals surface area contributed by atoms with Crippen LogP contribution in [0.25, 0.3) is 10.2 Å². The summed E-state index contributed by atoms with van der Waals surface area (Å²) in [6, 6.07) is 7.69. The van der Waals surface area contributed by atoms with Gasteiger partial charge >= 0.3 is 0 Å². The van der Waals surface area contributed by atoms with Gasteiger partial charge in [0.05, 0.1) is 17.8 Å². The Hall–Kier alpha value is -1.99. The van der Waals surface area contributed by atoms with Crippen LogP contribution in [-0.2, 0) is 24.2 Å². The average molecular weight is 460 g/mol. The largest absolute Gasteiger partial charge is 0.348 e. The van der Waals surface area contributed by atoms with Gasteiger partial charge in [-0.2, -0.15) is 0 Å². The van der Waals surface area contributed by atoms with Gasteiger partial charge in [0.2, 0.25) is 5.91 Å². The molecule has 2 aromatic heterocycles. The summed E-state index contributed by atoms with van der Waals surface area (Å²) in [5.74, 6) is 0.449. The first kappa shape index (κ1) is 19.3. The third-order valence-corrected chi connectivity index (χ3v) is 7.03. The molecule has 2 unspecified atom stereocenters. The summed E-state index contributed by atoms with van der Waals surface area (Å²) in [4.78, 5) is 32.1. The number of rotatable bonds is 4. The Morgan fingerprint density at radius 1 is 1.39 bits per heavy atom. The fraction of sp³-hybridized carbons (Fsp3) is 0.381. The van der Waals surface area contributed by atoms with Crippen LogP contribution >= 0.6 is 27.3 Å². The first-order valence-corrected chi connectivity index (χ1v) is 11.1. The lowest BCUT2D eigenvalue weighted by molar-refractivity contribution is -0.122. The molecule has 0 spiro atoms. The Morgan fingerprint density at radius 3 is 2.89 bits per heavy atom. The van der Waals surface area contributed by atoms with Gasteiger partial charge in [-0.1, -0.05) is 35.0 Å². The Labute approximate surface area is 175 Å². The summed E-state index contributed by atoms with van der Waals surface area (Å²) in [5.41, 5.74) is 2.05. The van der Waals surface area contributed by atoms with Gasteiger partial charge in [0.15, 0.2) is 0 Å². The Balaban J connectivity index is 1.54. The second kappa shape index (κ2) is 7.79. The molecule has 0 saturated carbocycles. The number of carbonyl (C=O) groups is 1. The van der Waals surface area contributed by atoms with Crippen molar-refractivity contribution in [3.63, 3.8) is 0 Å². The van der Waals surface area contributed by atoms with Crippen LogP contribution in [-0.4, -0.2) is 15.5 Å². The van der Waals surface area contributed by atoms with Crippen LogP contribution in [0.4, 0.5) is 0 Å². The molecule has 0 aliphatic heterocycles. The zero-order valence-electron chi connectivity index (χ0n) is 15.9. The van der Waals surface area contributed by atoms with Crippen LogP contribution in [0.5, 0.6) is 0 Å². The van der Waals surface area contributed by atoms with Crippen molar-refractivity contribution in [3.8, 4) is 0 Å². The van der Waals surface area contributed by atoms with E-state index in [1.807, 2.05) is 31.2 Å². The molecule has 1 aromatic carbocycles. The average Bonchev–Trinajstić information content (AvgIpc) is 3.02. The Kier molecular flexibility index (Phi) is 5.38. The standard InChI is InChI=1S/C21H22BrN3O2S/c1-12-3-8-16-17(9-12)28-20-19(16)21(27)25(11-23-20)10-18(26)24-13(2)14-4-6-15(22)7-5-14/h4-7,11-13H,3,8-10H2,1-2H3,(H,24,26). The van der Waals surface area contributed by atoms with E-state index in [0.717, 1.165) is 39.7 Å². The second-order valence-corrected chi connectivity index (χ2v) is 9.55. The van der Waals surface area contributed by atoms with Crippen molar-refractivity contribution in [2.75, 3.05) is 0 Å². The van der Waals surface area contributed by atoms with Gasteiger partial charge in [-0.05, 0) is 55.4 Å². The maximum atomic E-state index is 13.0. The van der Waals surface area contributed by atoms with Gasteiger partial charge in [-0.25, -0.2) is 4.98 Å². The summed E-state index contributed by atoms with van der Waals surface area (Å²) >= 11 is 5.04. The van der Waals surface area contributed by atoms with Crippen LogP contribution < -0.4 is 10.9 Å². The van der Waals surface area contributed by atoms with Gasteiger partial charge in [0.25, 0.3) is 5.56 Å².